The number of nitrogens with zero attached hydrogens (tertiary/aromatic N) is 3. The Bertz CT molecular complexity index is 766. The van der Waals surface area contributed by atoms with Gasteiger partial charge in [0.1, 0.15) is 0 Å². The van der Waals surface area contributed by atoms with Gasteiger partial charge >= 0.3 is 0 Å². The number of fused-ring (bicyclic) bond motifs is 1. The molecular weight excluding hydrogens is 255 g/mol. The summed E-state index contributed by atoms with van der Waals surface area (Å²) in [4.78, 5) is 12.6. The van der Waals surface area contributed by atoms with Crippen LogP contribution in [0.3, 0.4) is 0 Å². The van der Waals surface area contributed by atoms with Crippen molar-refractivity contribution >= 4 is 10.9 Å². The Hall–Kier alpha value is -2.40. The average molecular weight is 268 g/mol. The Morgan fingerprint density at radius 3 is 2.70 bits per heavy atom. The zero-order valence-corrected chi connectivity index (χ0v) is 11.0. The topological polar surface area (TPSA) is 64.7 Å². The van der Waals surface area contributed by atoms with Crippen molar-refractivity contribution in [1.29, 1.82) is 0 Å². The molecule has 3 heterocycles. The largest absolute Gasteiger partial charge is 0.325 e. The number of pyridine rings is 3. The lowest BCUT2D eigenvalue weighted by Gasteiger charge is -2.05. The summed E-state index contributed by atoms with van der Waals surface area (Å²) >= 11 is 0. The minimum absolute atomic E-state index is 0.360. The van der Waals surface area contributed by atoms with Crippen molar-refractivity contribution in [2.75, 3.05) is 0 Å². The summed E-state index contributed by atoms with van der Waals surface area (Å²) in [5, 5.41) is 0.916. The highest BCUT2D eigenvalue weighted by molar-refractivity contribution is 5.80. The molecule has 0 fully saturated rings. The summed E-state index contributed by atoms with van der Waals surface area (Å²) < 4.78 is 13.4. The molecule has 0 aliphatic heterocycles. The first-order valence-corrected chi connectivity index (χ1v) is 6.26. The van der Waals surface area contributed by atoms with E-state index in [0.717, 1.165) is 22.2 Å². The molecule has 0 atom stereocenters. The molecule has 4 nitrogen and oxygen atoms in total. The standard InChI is InChI=1S/C15H13FN4/c1-9-4-14(20-15(16)5-9)12-3-2-10-8-18-11(7-17)6-13(10)19-12/h2-6,8H,7,17H2,1H3. The second-order valence-corrected chi connectivity index (χ2v) is 4.62. The van der Waals surface area contributed by atoms with Crippen molar-refractivity contribution in [2.24, 2.45) is 5.73 Å². The first-order chi connectivity index (χ1) is 9.65. The van der Waals surface area contributed by atoms with Crippen LogP contribution in [-0.4, -0.2) is 15.0 Å². The van der Waals surface area contributed by atoms with Crippen LogP contribution < -0.4 is 5.73 Å². The average Bonchev–Trinajstić information content (AvgIpc) is 2.45. The van der Waals surface area contributed by atoms with Crippen molar-refractivity contribution in [3.63, 3.8) is 0 Å². The van der Waals surface area contributed by atoms with Crippen LogP contribution >= 0.6 is 0 Å². The molecule has 0 amide bonds. The smallest absolute Gasteiger partial charge is 0.213 e. The lowest BCUT2D eigenvalue weighted by molar-refractivity contribution is 0.584. The Morgan fingerprint density at radius 2 is 1.95 bits per heavy atom. The van der Waals surface area contributed by atoms with Gasteiger partial charge in [-0.2, -0.15) is 4.39 Å². The molecule has 0 bridgehead atoms. The van der Waals surface area contributed by atoms with Gasteiger partial charge in [0.15, 0.2) is 0 Å². The predicted octanol–water partition coefficient (Wildman–Crippen LogP) is 2.60. The summed E-state index contributed by atoms with van der Waals surface area (Å²) in [6.07, 6.45) is 1.73. The molecule has 20 heavy (non-hydrogen) atoms. The predicted molar refractivity (Wildman–Crippen MR) is 75.4 cm³/mol. The van der Waals surface area contributed by atoms with E-state index in [1.807, 2.05) is 31.2 Å². The van der Waals surface area contributed by atoms with E-state index in [1.165, 1.54) is 6.07 Å². The first kappa shape index (κ1) is 12.6. The van der Waals surface area contributed by atoms with Crippen molar-refractivity contribution < 1.29 is 4.39 Å². The maximum atomic E-state index is 13.4. The number of nitrogens with two attached hydrogens (primary N) is 1. The third-order valence-electron chi connectivity index (χ3n) is 3.04. The molecule has 100 valence electrons. The third kappa shape index (κ3) is 2.35. The maximum Gasteiger partial charge on any atom is 0.213 e. The van der Waals surface area contributed by atoms with E-state index < -0.39 is 5.95 Å². The molecule has 0 aromatic carbocycles. The fourth-order valence-corrected chi connectivity index (χ4v) is 2.07. The van der Waals surface area contributed by atoms with E-state index in [2.05, 4.69) is 15.0 Å². The molecule has 3 aromatic heterocycles. The van der Waals surface area contributed by atoms with Gasteiger partial charge in [0.2, 0.25) is 5.95 Å². The number of rotatable bonds is 2. The second kappa shape index (κ2) is 4.94. The summed E-state index contributed by atoms with van der Waals surface area (Å²) in [5.41, 5.74) is 9.09. The summed E-state index contributed by atoms with van der Waals surface area (Å²) in [7, 11) is 0. The minimum atomic E-state index is -0.501. The van der Waals surface area contributed by atoms with Crippen LogP contribution in [0, 0.1) is 12.9 Å². The molecule has 0 saturated carbocycles. The van der Waals surface area contributed by atoms with Crippen LogP contribution in [0.5, 0.6) is 0 Å². The summed E-state index contributed by atoms with van der Waals surface area (Å²) in [6, 6.07) is 8.74. The first-order valence-electron chi connectivity index (χ1n) is 6.26. The van der Waals surface area contributed by atoms with Gasteiger partial charge in [0.05, 0.1) is 22.6 Å². The maximum absolute atomic E-state index is 13.4. The molecule has 0 unspecified atom stereocenters. The van der Waals surface area contributed by atoms with E-state index in [1.54, 1.807) is 6.20 Å². The van der Waals surface area contributed by atoms with E-state index in [9.17, 15) is 4.39 Å². The summed E-state index contributed by atoms with van der Waals surface area (Å²) in [5.74, 6) is -0.501. The number of halogens is 1. The van der Waals surface area contributed by atoms with E-state index >= 15 is 0 Å². The molecule has 0 radical (unpaired) electrons. The highest BCUT2D eigenvalue weighted by Gasteiger charge is 2.06. The number of aryl methyl sites for hydroxylation is 1. The SMILES string of the molecule is Cc1cc(F)nc(-c2ccc3cnc(CN)cc3n2)c1. The van der Waals surface area contributed by atoms with Gasteiger partial charge in [-0.25, -0.2) is 9.97 Å². The van der Waals surface area contributed by atoms with Crippen molar-refractivity contribution in [1.82, 2.24) is 15.0 Å². The van der Waals surface area contributed by atoms with Gasteiger partial charge in [0, 0.05) is 18.1 Å². The van der Waals surface area contributed by atoms with Crippen LogP contribution in [0.4, 0.5) is 4.39 Å². The van der Waals surface area contributed by atoms with E-state index in [4.69, 9.17) is 5.73 Å². The third-order valence-corrected chi connectivity index (χ3v) is 3.04. The quantitative estimate of drug-likeness (QED) is 0.725. The molecule has 3 aromatic rings. The Morgan fingerprint density at radius 1 is 1.10 bits per heavy atom. The zero-order valence-electron chi connectivity index (χ0n) is 11.0. The van der Waals surface area contributed by atoms with Gasteiger partial charge in [-0.15, -0.1) is 0 Å². The molecule has 0 aliphatic carbocycles. The van der Waals surface area contributed by atoms with Gasteiger partial charge in [-0.05, 0) is 42.8 Å². The fraction of sp³-hybridized carbons (Fsp3) is 0.133. The minimum Gasteiger partial charge on any atom is -0.325 e. The zero-order chi connectivity index (χ0) is 14.1. The van der Waals surface area contributed by atoms with Crippen LogP contribution in [0.1, 0.15) is 11.3 Å². The number of aromatic nitrogens is 3. The molecule has 3 rings (SSSR count). The molecular formula is C15H13FN4. The molecule has 0 saturated heterocycles. The van der Waals surface area contributed by atoms with Gasteiger partial charge in [-0.1, -0.05) is 0 Å². The highest BCUT2D eigenvalue weighted by Crippen LogP contribution is 2.20. The normalized spacial score (nSPS) is 10.9. The monoisotopic (exact) mass is 268 g/mol. The second-order valence-electron chi connectivity index (χ2n) is 4.62. The van der Waals surface area contributed by atoms with Crippen LogP contribution in [-0.2, 0) is 6.54 Å². The van der Waals surface area contributed by atoms with Crippen molar-refractivity contribution in [3.8, 4) is 11.4 Å². The number of hydrogen-bond acceptors (Lipinski definition) is 4. The lowest BCUT2D eigenvalue weighted by atomic mass is 10.1. The lowest BCUT2D eigenvalue weighted by Crippen LogP contribution is -1.99. The van der Waals surface area contributed by atoms with E-state index in [0.29, 0.717) is 17.9 Å². The number of hydrogen-bond donors (Lipinski definition) is 1. The molecule has 0 aliphatic rings. The van der Waals surface area contributed by atoms with Crippen LogP contribution in [0.15, 0.2) is 36.5 Å². The molecule has 5 heteroatoms. The van der Waals surface area contributed by atoms with E-state index in [-0.39, 0.29) is 0 Å². The fourth-order valence-electron chi connectivity index (χ4n) is 2.07. The Labute approximate surface area is 115 Å². The van der Waals surface area contributed by atoms with Crippen LogP contribution in [0.2, 0.25) is 0 Å². The van der Waals surface area contributed by atoms with Crippen molar-refractivity contribution in [3.05, 3.63) is 53.7 Å². The molecule has 0 spiro atoms. The van der Waals surface area contributed by atoms with Crippen molar-refractivity contribution in [2.45, 2.75) is 13.5 Å². The van der Waals surface area contributed by atoms with Gasteiger partial charge < -0.3 is 5.73 Å². The Balaban J connectivity index is 2.16. The van der Waals surface area contributed by atoms with Gasteiger partial charge in [0.25, 0.3) is 0 Å². The highest BCUT2D eigenvalue weighted by atomic mass is 19.1. The van der Waals surface area contributed by atoms with Crippen LogP contribution in [0.25, 0.3) is 22.3 Å². The van der Waals surface area contributed by atoms with Gasteiger partial charge in [-0.3, -0.25) is 4.98 Å². The molecule has 2 N–H and O–H groups in total. The summed E-state index contributed by atoms with van der Waals surface area (Å²) in [6.45, 7) is 2.19. The Kier molecular flexibility index (Phi) is 3.12.